The Bertz CT molecular complexity index is 1080. The Kier molecular flexibility index (Phi) is 21.4. The van der Waals surface area contributed by atoms with Gasteiger partial charge in [0.2, 0.25) is 29.5 Å². The van der Waals surface area contributed by atoms with Crippen molar-refractivity contribution in [2.75, 3.05) is 19.6 Å². The normalized spacial score (nSPS) is 14.9. The number of rotatable bonds is 24. The van der Waals surface area contributed by atoms with Crippen molar-refractivity contribution in [3.63, 3.8) is 0 Å². The van der Waals surface area contributed by atoms with Crippen molar-refractivity contribution in [3.8, 4) is 0 Å². The van der Waals surface area contributed by atoms with Crippen LogP contribution in [0.3, 0.4) is 0 Å². The summed E-state index contributed by atoms with van der Waals surface area (Å²) in [6.07, 6.45) is 2.03. The van der Waals surface area contributed by atoms with E-state index in [1.165, 1.54) is 0 Å². The molecule has 17 heteroatoms. The largest absolute Gasteiger partial charge is 0.480 e. The third-order valence-electron chi connectivity index (χ3n) is 7.53. The third kappa shape index (κ3) is 18.4. The van der Waals surface area contributed by atoms with Crippen LogP contribution in [-0.2, 0) is 28.8 Å². The lowest BCUT2D eigenvalue weighted by Crippen LogP contribution is -2.57. The fourth-order valence-electron chi connectivity index (χ4n) is 4.70. The van der Waals surface area contributed by atoms with E-state index in [0.717, 1.165) is 0 Å². The fraction of sp³-hybridized carbons (Fsp3) is 0.774. The Hall–Kier alpha value is -3.99. The van der Waals surface area contributed by atoms with E-state index in [0.29, 0.717) is 19.3 Å². The van der Waals surface area contributed by atoms with E-state index in [9.17, 15) is 33.9 Å². The number of amides is 5. The number of aliphatic carboxylic acids is 1. The van der Waals surface area contributed by atoms with Gasteiger partial charge in [-0.3, -0.25) is 29.0 Å². The van der Waals surface area contributed by atoms with Crippen LogP contribution in [0.25, 0.3) is 0 Å². The number of hydrogen-bond donors (Lipinski definition) is 10. The summed E-state index contributed by atoms with van der Waals surface area (Å²) >= 11 is 0. The summed E-state index contributed by atoms with van der Waals surface area (Å²) in [4.78, 5) is 80.9. The minimum atomic E-state index is -1.23. The van der Waals surface area contributed by atoms with Crippen LogP contribution in [-0.4, -0.2) is 96.4 Å². The number of carbonyl (C=O) groups excluding carboxylic acids is 5. The Morgan fingerprint density at radius 2 is 1.29 bits per heavy atom. The van der Waals surface area contributed by atoms with Gasteiger partial charge in [-0.15, -0.1) is 0 Å². The Balaban J connectivity index is 5.78. The Labute approximate surface area is 283 Å². The van der Waals surface area contributed by atoms with Gasteiger partial charge >= 0.3 is 5.97 Å². The molecule has 6 atom stereocenters. The number of nitrogens with two attached hydrogens (primary N) is 4. The predicted octanol–water partition coefficient (Wildman–Crippen LogP) is -1.62. The molecule has 0 aromatic rings. The van der Waals surface area contributed by atoms with Gasteiger partial charge in [0, 0.05) is 6.54 Å². The van der Waals surface area contributed by atoms with Gasteiger partial charge in [-0.1, -0.05) is 48.0 Å². The van der Waals surface area contributed by atoms with Gasteiger partial charge in [-0.2, -0.15) is 0 Å². The predicted molar refractivity (Wildman–Crippen MR) is 183 cm³/mol. The lowest BCUT2D eigenvalue weighted by Gasteiger charge is -2.26. The molecule has 0 radical (unpaired) electrons. The molecule has 0 bridgehead atoms. The van der Waals surface area contributed by atoms with Gasteiger partial charge in [0.15, 0.2) is 5.96 Å². The molecule has 48 heavy (non-hydrogen) atoms. The number of aliphatic imine (C=N–C) groups is 1. The maximum atomic E-state index is 13.5. The summed E-state index contributed by atoms with van der Waals surface area (Å²) in [5.74, 6) is -4.67. The number of nitrogens with one attached hydrogen (secondary N) is 5. The number of carbonyl (C=O) groups is 6. The molecule has 0 aliphatic rings. The second-order valence-corrected chi connectivity index (χ2v) is 12.9. The first-order chi connectivity index (χ1) is 22.4. The number of hydrogen-bond acceptors (Lipinski definition) is 9. The monoisotopic (exact) mass is 684 g/mol. The van der Waals surface area contributed by atoms with Crippen molar-refractivity contribution in [1.82, 2.24) is 26.6 Å². The van der Waals surface area contributed by atoms with Gasteiger partial charge < -0.3 is 54.6 Å². The molecule has 0 aromatic carbocycles. The van der Waals surface area contributed by atoms with E-state index in [1.54, 1.807) is 6.92 Å². The van der Waals surface area contributed by atoms with Crippen LogP contribution in [0, 0.1) is 17.8 Å². The van der Waals surface area contributed by atoms with E-state index in [-0.39, 0.29) is 62.5 Å². The summed E-state index contributed by atoms with van der Waals surface area (Å²) < 4.78 is 0. The van der Waals surface area contributed by atoms with Crippen LogP contribution in [0.4, 0.5) is 0 Å². The summed E-state index contributed by atoms with van der Waals surface area (Å²) in [5, 5.41) is 22.4. The molecule has 0 rings (SSSR count). The van der Waals surface area contributed by atoms with Crippen molar-refractivity contribution in [1.29, 1.82) is 0 Å². The van der Waals surface area contributed by atoms with Crippen molar-refractivity contribution < 1.29 is 33.9 Å². The van der Waals surface area contributed by atoms with Crippen LogP contribution < -0.4 is 49.5 Å². The molecule has 14 N–H and O–H groups in total. The average molecular weight is 685 g/mol. The lowest BCUT2D eigenvalue weighted by atomic mass is 9.97. The number of carboxylic acids is 1. The van der Waals surface area contributed by atoms with Gasteiger partial charge in [0.25, 0.3) is 0 Å². The van der Waals surface area contributed by atoms with Crippen LogP contribution in [0.2, 0.25) is 0 Å². The molecule has 0 saturated carbocycles. The van der Waals surface area contributed by atoms with Crippen molar-refractivity contribution in [2.45, 2.75) is 117 Å². The molecule has 0 aromatic heterocycles. The first-order valence-corrected chi connectivity index (χ1v) is 16.6. The maximum absolute atomic E-state index is 13.5. The molecular weight excluding hydrogens is 624 g/mol. The number of guanidine groups is 1. The number of nitrogens with zero attached hydrogens (tertiary/aromatic N) is 1. The molecule has 0 saturated heterocycles. The minimum absolute atomic E-state index is 0.0580. The second kappa shape index (κ2) is 23.4. The van der Waals surface area contributed by atoms with E-state index in [1.807, 2.05) is 34.6 Å². The highest BCUT2D eigenvalue weighted by molar-refractivity contribution is 5.95. The number of carboxylic acid groups (broad SMARTS) is 1. The Morgan fingerprint density at radius 3 is 1.81 bits per heavy atom. The SMILES string of the molecule is CC[C@H](C)[C@H](NC(=O)[C@@H](N)CC(C)C)C(=O)NCC(=O)N[C@@H](CCCN=C(N)N)C(=O)N[C@@H](CC(C)C)C(=O)N[C@@H](CCCN)C(=O)O. The molecule has 0 unspecified atom stereocenters. The van der Waals surface area contributed by atoms with Crippen molar-refractivity contribution >= 4 is 41.5 Å². The Morgan fingerprint density at radius 1 is 0.729 bits per heavy atom. The van der Waals surface area contributed by atoms with Crippen LogP contribution >= 0.6 is 0 Å². The molecule has 0 aliphatic carbocycles. The third-order valence-corrected chi connectivity index (χ3v) is 7.53. The van der Waals surface area contributed by atoms with Crippen LogP contribution in [0.5, 0.6) is 0 Å². The maximum Gasteiger partial charge on any atom is 0.326 e. The lowest BCUT2D eigenvalue weighted by molar-refractivity contribution is -0.142. The molecule has 276 valence electrons. The van der Waals surface area contributed by atoms with Gasteiger partial charge in [-0.05, 0) is 62.8 Å². The van der Waals surface area contributed by atoms with E-state index in [2.05, 4.69) is 31.6 Å². The molecule has 0 fully saturated rings. The quantitative estimate of drug-likeness (QED) is 0.0313. The molecular formula is C31H60N10O7. The highest BCUT2D eigenvalue weighted by Crippen LogP contribution is 2.11. The standard InChI is InChI=1S/C31H60N10O7/c1-7-19(6)25(41-26(43)20(33)14-17(2)3)29(46)37-16-24(42)38-21(11-9-13-36-31(34)35)27(44)40-23(15-18(4)5)28(45)39-22(30(47)48)10-8-12-32/h17-23,25H,7-16,32-33H2,1-6H3,(H,37,46)(H,38,42)(H,39,45)(H,40,44)(H,41,43)(H,47,48)(H4,34,35,36)/t19-,20-,21-,22-,23-,25-/m0/s1. The zero-order chi connectivity index (χ0) is 37.0. The minimum Gasteiger partial charge on any atom is -0.480 e. The smallest absolute Gasteiger partial charge is 0.326 e. The van der Waals surface area contributed by atoms with E-state index < -0.39 is 72.3 Å². The fourth-order valence-corrected chi connectivity index (χ4v) is 4.70. The summed E-state index contributed by atoms with van der Waals surface area (Å²) in [6.45, 7) is 11.1. The summed E-state index contributed by atoms with van der Waals surface area (Å²) in [6, 6.07) is -5.19. The molecule has 17 nitrogen and oxygen atoms in total. The molecule has 0 heterocycles. The van der Waals surface area contributed by atoms with Gasteiger partial charge in [-0.25, -0.2) is 4.79 Å². The summed E-state index contributed by atoms with van der Waals surface area (Å²) in [5.41, 5.74) is 22.3. The van der Waals surface area contributed by atoms with Crippen molar-refractivity contribution in [2.24, 2.45) is 45.7 Å². The zero-order valence-corrected chi connectivity index (χ0v) is 29.3. The zero-order valence-electron chi connectivity index (χ0n) is 29.3. The van der Waals surface area contributed by atoms with Crippen LogP contribution in [0.1, 0.15) is 86.5 Å². The highest BCUT2D eigenvalue weighted by Gasteiger charge is 2.31. The summed E-state index contributed by atoms with van der Waals surface area (Å²) in [7, 11) is 0. The first-order valence-electron chi connectivity index (χ1n) is 16.6. The topological polar surface area (TPSA) is 299 Å². The average Bonchev–Trinajstić information content (AvgIpc) is 3.00. The van der Waals surface area contributed by atoms with Crippen LogP contribution in [0.15, 0.2) is 4.99 Å². The molecule has 0 aliphatic heterocycles. The molecule has 5 amide bonds. The van der Waals surface area contributed by atoms with E-state index in [4.69, 9.17) is 22.9 Å². The van der Waals surface area contributed by atoms with Gasteiger partial charge in [0.1, 0.15) is 24.2 Å². The molecule has 0 spiro atoms. The van der Waals surface area contributed by atoms with Gasteiger partial charge in [0.05, 0.1) is 12.6 Å². The van der Waals surface area contributed by atoms with E-state index >= 15 is 0 Å². The second-order valence-electron chi connectivity index (χ2n) is 12.9. The first kappa shape index (κ1) is 44.0. The highest BCUT2D eigenvalue weighted by atomic mass is 16.4. The van der Waals surface area contributed by atoms with Crippen molar-refractivity contribution in [3.05, 3.63) is 0 Å².